The van der Waals surface area contributed by atoms with Gasteiger partial charge in [0, 0.05) is 43.4 Å². The number of hydrogen-bond donors (Lipinski definition) is 1. The normalized spacial score (nSPS) is 28.0. The highest BCUT2D eigenvalue weighted by Crippen LogP contribution is 2.41. The fourth-order valence-corrected chi connectivity index (χ4v) is 3.97. The van der Waals surface area contributed by atoms with Gasteiger partial charge in [0.15, 0.2) is 0 Å². The average Bonchev–Trinajstić information content (AvgIpc) is 3.20. The molecule has 0 unspecified atom stereocenters. The summed E-state index contributed by atoms with van der Waals surface area (Å²) >= 11 is 0. The van der Waals surface area contributed by atoms with Gasteiger partial charge in [-0.05, 0) is 24.5 Å². The zero-order chi connectivity index (χ0) is 15.7. The number of aliphatic hydroxyl groups excluding tert-OH is 1. The highest BCUT2D eigenvalue weighted by atomic mass is 16.5. The van der Waals surface area contributed by atoms with Crippen LogP contribution in [0.4, 0.5) is 0 Å². The molecule has 1 aromatic heterocycles. The van der Waals surface area contributed by atoms with E-state index < -0.39 is 0 Å². The second-order valence-corrected chi connectivity index (χ2v) is 6.86. The fourth-order valence-electron chi connectivity index (χ4n) is 3.97. The predicted molar refractivity (Wildman–Crippen MR) is 87.3 cm³/mol. The van der Waals surface area contributed by atoms with E-state index in [-0.39, 0.29) is 12.0 Å². The number of aromatic nitrogens is 2. The number of fused-ring (bicyclic) bond motifs is 1. The molecule has 1 N–H and O–H groups in total. The lowest BCUT2D eigenvalue weighted by molar-refractivity contribution is -0.0561. The lowest BCUT2D eigenvalue weighted by atomic mass is 9.76. The maximum atomic E-state index is 9.87. The van der Waals surface area contributed by atoms with E-state index in [2.05, 4.69) is 28.3 Å². The summed E-state index contributed by atoms with van der Waals surface area (Å²) in [6.07, 6.45) is 5.09. The Morgan fingerprint density at radius 3 is 2.96 bits per heavy atom. The summed E-state index contributed by atoms with van der Waals surface area (Å²) in [5, 5.41) is 14.3. The fraction of sp³-hybridized carbons (Fsp3) is 0.500. The monoisotopic (exact) mass is 313 g/mol. The van der Waals surface area contributed by atoms with Gasteiger partial charge >= 0.3 is 0 Å². The van der Waals surface area contributed by atoms with Crippen LogP contribution in [0.25, 0.3) is 5.69 Å². The van der Waals surface area contributed by atoms with Crippen molar-refractivity contribution in [2.45, 2.75) is 13.0 Å². The number of nitrogens with zero attached hydrogens (tertiary/aromatic N) is 3. The minimum absolute atomic E-state index is 0.0618. The van der Waals surface area contributed by atoms with Gasteiger partial charge in [0.25, 0.3) is 0 Å². The number of aliphatic hydroxyl groups is 1. The van der Waals surface area contributed by atoms with Crippen LogP contribution >= 0.6 is 0 Å². The first-order valence-corrected chi connectivity index (χ1v) is 8.29. The van der Waals surface area contributed by atoms with Crippen molar-refractivity contribution in [3.63, 3.8) is 0 Å². The van der Waals surface area contributed by atoms with Gasteiger partial charge in [-0.1, -0.05) is 18.2 Å². The summed E-state index contributed by atoms with van der Waals surface area (Å²) in [5.41, 5.74) is 2.23. The van der Waals surface area contributed by atoms with E-state index in [9.17, 15) is 5.11 Å². The molecule has 2 atom stereocenters. The second kappa shape index (κ2) is 6.07. The first kappa shape index (κ1) is 14.9. The molecule has 0 spiro atoms. The van der Waals surface area contributed by atoms with Crippen LogP contribution in [0.5, 0.6) is 0 Å². The van der Waals surface area contributed by atoms with Gasteiger partial charge < -0.3 is 9.84 Å². The molecule has 5 nitrogen and oxygen atoms in total. The molecule has 0 aliphatic carbocycles. The van der Waals surface area contributed by atoms with E-state index in [1.165, 1.54) is 5.56 Å². The van der Waals surface area contributed by atoms with Crippen LogP contribution in [0.3, 0.4) is 0 Å². The van der Waals surface area contributed by atoms with E-state index in [0.29, 0.717) is 12.5 Å². The SMILES string of the molecule is OC[C@]12COCC[C@H]1CN(Cc1cnn(-c3ccccc3)c1)C2. The lowest BCUT2D eigenvalue weighted by Gasteiger charge is -2.36. The summed E-state index contributed by atoms with van der Waals surface area (Å²) in [6, 6.07) is 10.2. The molecule has 2 saturated heterocycles. The molecule has 0 saturated carbocycles. The molecule has 2 aromatic rings. The Labute approximate surface area is 136 Å². The van der Waals surface area contributed by atoms with Crippen LogP contribution in [-0.4, -0.2) is 52.7 Å². The quantitative estimate of drug-likeness (QED) is 0.933. The van der Waals surface area contributed by atoms with Gasteiger partial charge in [0.1, 0.15) is 0 Å². The summed E-state index contributed by atoms with van der Waals surface area (Å²) < 4.78 is 7.56. The molecular formula is C18H23N3O2. The van der Waals surface area contributed by atoms with Crippen molar-refractivity contribution in [1.29, 1.82) is 0 Å². The first-order valence-electron chi connectivity index (χ1n) is 8.29. The zero-order valence-corrected chi connectivity index (χ0v) is 13.3. The van der Waals surface area contributed by atoms with Crippen LogP contribution < -0.4 is 0 Å². The van der Waals surface area contributed by atoms with Crippen LogP contribution in [0, 0.1) is 11.3 Å². The highest BCUT2D eigenvalue weighted by molar-refractivity contribution is 5.30. The largest absolute Gasteiger partial charge is 0.396 e. The Kier molecular flexibility index (Phi) is 3.93. The van der Waals surface area contributed by atoms with Crippen LogP contribution in [-0.2, 0) is 11.3 Å². The summed E-state index contributed by atoms with van der Waals surface area (Å²) in [7, 11) is 0. The summed E-state index contributed by atoms with van der Waals surface area (Å²) in [6.45, 7) is 4.56. The third kappa shape index (κ3) is 2.80. The van der Waals surface area contributed by atoms with Gasteiger partial charge in [-0.3, -0.25) is 4.90 Å². The van der Waals surface area contributed by atoms with E-state index in [4.69, 9.17) is 4.74 Å². The Hall–Kier alpha value is -1.69. The summed E-state index contributed by atoms with van der Waals surface area (Å²) in [5.74, 6) is 0.547. The van der Waals surface area contributed by atoms with Crippen molar-refractivity contribution < 1.29 is 9.84 Å². The molecule has 3 heterocycles. The Balaban J connectivity index is 1.46. The standard InChI is InChI=1S/C18H23N3O2/c22-13-18-12-20(11-16(18)6-7-23-14-18)9-15-8-19-21(10-15)17-4-2-1-3-5-17/h1-5,8,10,16,22H,6-7,9,11-14H2/t16-,18+/m0/s1. The molecule has 0 radical (unpaired) electrons. The van der Waals surface area contributed by atoms with E-state index in [0.717, 1.165) is 38.3 Å². The molecular weight excluding hydrogens is 290 g/mol. The Bertz CT molecular complexity index is 657. The third-order valence-electron chi connectivity index (χ3n) is 5.26. The van der Waals surface area contributed by atoms with Crippen molar-refractivity contribution in [2.75, 3.05) is 32.9 Å². The highest BCUT2D eigenvalue weighted by Gasteiger charge is 2.47. The molecule has 23 heavy (non-hydrogen) atoms. The van der Waals surface area contributed by atoms with Gasteiger partial charge in [0.2, 0.25) is 0 Å². The molecule has 2 aliphatic rings. The summed E-state index contributed by atoms with van der Waals surface area (Å²) in [4.78, 5) is 2.43. The number of rotatable bonds is 4. The minimum Gasteiger partial charge on any atom is -0.396 e. The van der Waals surface area contributed by atoms with Gasteiger partial charge in [0.05, 0.1) is 25.1 Å². The van der Waals surface area contributed by atoms with Crippen molar-refractivity contribution in [1.82, 2.24) is 14.7 Å². The van der Waals surface area contributed by atoms with E-state index in [1.54, 1.807) is 0 Å². The second-order valence-electron chi connectivity index (χ2n) is 6.86. The Morgan fingerprint density at radius 2 is 2.17 bits per heavy atom. The van der Waals surface area contributed by atoms with Crippen molar-refractivity contribution in [3.8, 4) is 5.69 Å². The van der Waals surface area contributed by atoms with Crippen molar-refractivity contribution in [3.05, 3.63) is 48.3 Å². The molecule has 2 aliphatic heterocycles. The molecule has 122 valence electrons. The molecule has 0 amide bonds. The van der Waals surface area contributed by atoms with Gasteiger partial charge in [-0.15, -0.1) is 0 Å². The maximum absolute atomic E-state index is 9.87. The maximum Gasteiger partial charge on any atom is 0.0645 e. The number of para-hydroxylation sites is 1. The molecule has 0 bridgehead atoms. The minimum atomic E-state index is -0.0618. The number of likely N-dealkylation sites (tertiary alicyclic amines) is 1. The van der Waals surface area contributed by atoms with Crippen molar-refractivity contribution in [2.24, 2.45) is 11.3 Å². The van der Waals surface area contributed by atoms with E-state index >= 15 is 0 Å². The van der Waals surface area contributed by atoms with Crippen molar-refractivity contribution >= 4 is 0 Å². The molecule has 1 aromatic carbocycles. The van der Waals surface area contributed by atoms with Crippen LogP contribution in [0.15, 0.2) is 42.7 Å². The Morgan fingerprint density at radius 1 is 1.30 bits per heavy atom. The zero-order valence-electron chi connectivity index (χ0n) is 13.3. The molecule has 5 heteroatoms. The van der Waals surface area contributed by atoms with Crippen LogP contribution in [0.1, 0.15) is 12.0 Å². The topological polar surface area (TPSA) is 50.5 Å². The van der Waals surface area contributed by atoms with Gasteiger partial charge in [-0.25, -0.2) is 4.68 Å². The average molecular weight is 313 g/mol. The smallest absolute Gasteiger partial charge is 0.0645 e. The third-order valence-corrected chi connectivity index (χ3v) is 5.26. The van der Waals surface area contributed by atoms with Crippen LogP contribution in [0.2, 0.25) is 0 Å². The lowest BCUT2D eigenvalue weighted by Crippen LogP contribution is -2.42. The van der Waals surface area contributed by atoms with E-state index in [1.807, 2.05) is 29.1 Å². The number of hydrogen-bond acceptors (Lipinski definition) is 4. The number of benzene rings is 1. The molecule has 4 rings (SSSR count). The van der Waals surface area contributed by atoms with Gasteiger partial charge in [-0.2, -0.15) is 5.10 Å². The number of ether oxygens (including phenoxy) is 1. The predicted octanol–water partition coefficient (Wildman–Crippen LogP) is 1.70. The first-order chi connectivity index (χ1) is 11.3. The molecule has 2 fully saturated rings.